The van der Waals surface area contributed by atoms with Gasteiger partial charge in [0.25, 0.3) is 5.69 Å². The Kier molecular flexibility index (Phi) is 5.73. The Labute approximate surface area is 157 Å². The summed E-state index contributed by atoms with van der Waals surface area (Å²) in [5, 5.41) is 14.2. The van der Waals surface area contributed by atoms with Gasteiger partial charge >= 0.3 is 0 Å². The number of hydrogen-bond acceptors (Lipinski definition) is 7. The normalized spacial score (nSPS) is 15.6. The number of hydrogen-bond donors (Lipinski definition) is 1. The first-order valence-electron chi connectivity index (χ1n) is 8.46. The molecule has 1 saturated heterocycles. The van der Waals surface area contributed by atoms with Crippen LogP contribution in [0.5, 0.6) is 0 Å². The summed E-state index contributed by atoms with van der Waals surface area (Å²) < 4.78 is 34.4. The number of nitrogens with zero attached hydrogens (tertiary/aromatic N) is 4. The highest BCUT2D eigenvalue weighted by atomic mass is 32.2. The fourth-order valence-corrected chi connectivity index (χ4v) is 4.45. The van der Waals surface area contributed by atoms with Crippen LogP contribution in [-0.4, -0.2) is 60.0 Å². The fraction of sp³-hybridized carbons (Fsp3) is 0.438. The molecule has 0 atom stereocenters. The monoisotopic (exact) mass is 395 g/mol. The van der Waals surface area contributed by atoms with Crippen LogP contribution < -0.4 is 5.32 Å². The van der Waals surface area contributed by atoms with Crippen molar-refractivity contribution in [2.45, 2.75) is 11.3 Å². The van der Waals surface area contributed by atoms with Crippen molar-refractivity contribution < 1.29 is 18.1 Å². The number of nitro benzene ring substituents is 1. The van der Waals surface area contributed by atoms with Crippen molar-refractivity contribution in [2.75, 3.05) is 38.2 Å². The molecule has 1 aromatic carbocycles. The van der Waals surface area contributed by atoms with Crippen molar-refractivity contribution >= 4 is 21.4 Å². The molecule has 0 amide bonds. The van der Waals surface area contributed by atoms with E-state index in [0.717, 1.165) is 11.9 Å². The van der Waals surface area contributed by atoms with E-state index in [1.807, 2.05) is 17.8 Å². The summed E-state index contributed by atoms with van der Waals surface area (Å²) >= 11 is 0. The molecule has 11 heteroatoms. The molecule has 2 aromatic rings. The molecule has 0 spiro atoms. The van der Waals surface area contributed by atoms with Gasteiger partial charge < -0.3 is 14.6 Å². The van der Waals surface area contributed by atoms with Gasteiger partial charge in [0.1, 0.15) is 10.7 Å². The van der Waals surface area contributed by atoms with Crippen LogP contribution in [0.4, 0.5) is 11.4 Å². The number of aryl methyl sites for hydroxylation is 1. The molecule has 146 valence electrons. The number of sulfonamides is 1. The highest BCUT2D eigenvalue weighted by molar-refractivity contribution is 7.89. The summed E-state index contributed by atoms with van der Waals surface area (Å²) in [6.45, 7) is 1.48. The number of benzene rings is 1. The predicted octanol–water partition coefficient (Wildman–Crippen LogP) is 1.00. The minimum atomic E-state index is -3.88. The van der Waals surface area contributed by atoms with Gasteiger partial charge in [0.15, 0.2) is 0 Å². The van der Waals surface area contributed by atoms with E-state index in [4.69, 9.17) is 4.74 Å². The zero-order valence-corrected chi connectivity index (χ0v) is 15.7. The van der Waals surface area contributed by atoms with E-state index < -0.39 is 14.9 Å². The van der Waals surface area contributed by atoms with Gasteiger partial charge in [-0.1, -0.05) is 0 Å². The summed E-state index contributed by atoms with van der Waals surface area (Å²) in [6, 6.07) is 3.83. The average Bonchev–Trinajstić information content (AvgIpc) is 3.07. The summed E-state index contributed by atoms with van der Waals surface area (Å²) in [4.78, 5) is 14.6. The minimum absolute atomic E-state index is 0.0987. The number of aromatic nitrogens is 2. The van der Waals surface area contributed by atoms with E-state index in [1.165, 1.54) is 16.4 Å². The maximum atomic E-state index is 13.0. The molecular formula is C16H21N5O5S. The smallest absolute Gasteiger partial charge is 0.270 e. The lowest BCUT2D eigenvalue weighted by molar-refractivity contribution is -0.385. The lowest BCUT2D eigenvalue weighted by atomic mass is 10.2. The third kappa shape index (κ3) is 4.26. The molecule has 1 aromatic heterocycles. The largest absolute Gasteiger partial charge is 0.383 e. The summed E-state index contributed by atoms with van der Waals surface area (Å²) in [7, 11) is -2.00. The van der Waals surface area contributed by atoms with Crippen LogP contribution in [-0.2, 0) is 28.2 Å². The predicted molar refractivity (Wildman–Crippen MR) is 98.1 cm³/mol. The standard InChI is InChI=1S/C16H21N5O5S/c1-19-7-6-18-16(19)4-5-17-14-3-2-13(21(22)23)12-15(14)27(24,25)20-8-10-26-11-9-20/h2-3,6-7,12,17H,4-5,8-11H2,1H3. The first kappa shape index (κ1) is 19.3. The topological polar surface area (TPSA) is 120 Å². The quantitative estimate of drug-likeness (QED) is 0.549. The number of nitrogens with one attached hydrogen (secondary N) is 1. The Morgan fingerprint density at radius 2 is 2.07 bits per heavy atom. The first-order chi connectivity index (χ1) is 12.9. The maximum absolute atomic E-state index is 13.0. The summed E-state index contributed by atoms with van der Waals surface area (Å²) in [5.74, 6) is 0.849. The summed E-state index contributed by atoms with van der Waals surface area (Å²) in [6.07, 6.45) is 4.10. The lowest BCUT2D eigenvalue weighted by Crippen LogP contribution is -2.40. The van der Waals surface area contributed by atoms with E-state index >= 15 is 0 Å². The Hall–Kier alpha value is -2.50. The van der Waals surface area contributed by atoms with Crippen LogP contribution >= 0.6 is 0 Å². The van der Waals surface area contributed by atoms with Crippen LogP contribution in [0.25, 0.3) is 0 Å². The van der Waals surface area contributed by atoms with Gasteiger partial charge in [0.05, 0.1) is 23.8 Å². The van der Waals surface area contributed by atoms with Crippen LogP contribution in [0, 0.1) is 10.1 Å². The van der Waals surface area contributed by atoms with Crippen molar-refractivity contribution in [1.82, 2.24) is 13.9 Å². The van der Waals surface area contributed by atoms with Gasteiger partial charge in [-0.05, 0) is 6.07 Å². The average molecular weight is 395 g/mol. The Morgan fingerprint density at radius 3 is 2.70 bits per heavy atom. The molecule has 10 nitrogen and oxygen atoms in total. The van der Waals surface area contributed by atoms with E-state index in [0.29, 0.717) is 31.9 Å². The Bertz CT molecular complexity index is 921. The number of imidazole rings is 1. The minimum Gasteiger partial charge on any atom is -0.383 e. The number of morpholine rings is 1. The molecule has 0 bridgehead atoms. The van der Waals surface area contributed by atoms with Gasteiger partial charge in [-0.2, -0.15) is 4.31 Å². The van der Waals surface area contributed by atoms with Crippen LogP contribution in [0.1, 0.15) is 5.82 Å². The Morgan fingerprint density at radius 1 is 1.33 bits per heavy atom. The second-order valence-electron chi connectivity index (χ2n) is 6.09. The molecule has 2 heterocycles. The highest BCUT2D eigenvalue weighted by Crippen LogP contribution is 2.29. The van der Waals surface area contributed by atoms with E-state index in [1.54, 1.807) is 6.20 Å². The molecule has 1 aliphatic rings. The van der Waals surface area contributed by atoms with Gasteiger partial charge in [0, 0.05) is 57.6 Å². The molecule has 3 rings (SSSR count). The molecule has 0 unspecified atom stereocenters. The van der Waals surface area contributed by atoms with Crippen LogP contribution in [0.3, 0.4) is 0 Å². The highest BCUT2D eigenvalue weighted by Gasteiger charge is 2.30. The molecule has 1 aliphatic heterocycles. The molecule has 1 fully saturated rings. The molecule has 1 N–H and O–H groups in total. The number of rotatable bonds is 7. The number of nitro groups is 1. The number of non-ortho nitro benzene ring substituents is 1. The maximum Gasteiger partial charge on any atom is 0.270 e. The number of ether oxygens (including phenoxy) is 1. The molecule has 0 saturated carbocycles. The SMILES string of the molecule is Cn1ccnc1CCNc1ccc([N+](=O)[O-])cc1S(=O)(=O)N1CCOCC1. The van der Waals surface area contributed by atoms with E-state index in [9.17, 15) is 18.5 Å². The van der Waals surface area contributed by atoms with Gasteiger partial charge in [-0.15, -0.1) is 0 Å². The van der Waals surface area contributed by atoms with Crippen molar-refractivity contribution in [3.05, 3.63) is 46.5 Å². The zero-order valence-electron chi connectivity index (χ0n) is 14.9. The van der Waals surface area contributed by atoms with Crippen molar-refractivity contribution in [2.24, 2.45) is 7.05 Å². The van der Waals surface area contributed by atoms with Gasteiger partial charge in [-0.3, -0.25) is 10.1 Å². The van der Waals surface area contributed by atoms with Crippen molar-refractivity contribution in [3.8, 4) is 0 Å². The van der Waals surface area contributed by atoms with Gasteiger partial charge in [-0.25, -0.2) is 13.4 Å². The molecule has 0 radical (unpaired) electrons. The molecular weight excluding hydrogens is 374 g/mol. The van der Waals surface area contributed by atoms with Crippen molar-refractivity contribution in [3.63, 3.8) is 0 Å². The van der Waals surface area contributed by atoms with Crippen molar-refractivity contribution in [1.29, 1.82) is 0 Å². The Balaban J connectivity index is 1.86. The lowest BCUT2D eigenvalue weighted by Gasteiger charge is -2.27. The van der Waals surface area contributed by atoms with Gasteiger partial charge in [0.2, 0.25) is 10.0 Å². The van der Waals surface area contributed by atoms with E-state index in [-0.39, 0.29) is 23.7 Å². The second kappa shape index (κ2) is 8.03. The van der Waals surface area contributed by atoms with Crippen LogP contribution in [0.15, 0.2) is 35.5 Å². The summed E-state index contributed by atoms with van der Waals surface area (Å²) in [5.41, 5.74) is 0.0674. The van der Waals surface area contributed by atoms with E-state index in [2.05, 4.69) is 10.3 Å². The zero-order chi connectivity index (χ0) is 19.4. The number of anilines is 1. The molecule has 27 heavy (non-hydrogen) atoms. The molecule has 0 aliphatic carbocycles. The van der Waals surface area contributed by atoms with Crippen LogP contribution in [0.2, 0.25) is 0 Å². The third-order valence-corrected chi connectivity index (χ3v) is 6.29. The third-order valence-electron chi connectivity index (χ3n) is 4.35. The fourth-order valence-electron chi connectivity index (χ4n) is 2.86. The second-order valence-corrected chi connectivity index (χ2v) is 7.99. The first-order valence-corrected chi connectivity index (χ1v) is 9.90.